The van der Waals surface area contributed by atoms with Crippen molar-refractivity contribution in [1.29, 1.82) is 0 Å². The smallest absolute Gasteiger partial charge is 0.139 e. The van der Waals surface area contributed by atoms with E-state index in [2.05, 4.69) is 40.0 Å². The Morgan fingerprint density at radius 3 is 2.71 bits per heavy atom. The molecule has 4 rings (SSSR count). The Morgan fingerprint density at radius 2 is 1.90 bits per heavy atom. The number of nitrogens with two attached hydrogens (primary N) is 1. The molecule has 104 valence electrons. The van der Waals surface area contributed by atoms with Gasteiger partial charge in [0.2, 0.25) is 0 Å². The van der Waals surface area contributed by atoms with Gasteiger partial charge in [-0.3, -0.25) is 0 Å². The Bertz CT molecular complexity index is 771. The molecule has 21 heavy (non-hydrogen) atoms. The molecule has 3 aromatic rings. The van der Waals surface area contributed by atoms with Gasteiger partial charge in [0.05, 0.1) is 0 Å². The predicted molar refractivity (Wildman–Crippen MR) is 85.0 cm³/mol. The first-order valence-corrected chi connectivity index (χ1v) is 7.26. The molecule has 0 aliphatic heterocycles. The molecular weight excluding hydrogens is 258 g/mol. The second-order valence-corrected chi connectivity index (χ2v) is 5.63. The van der Waals surface area contributed by atoms with E-state index in [0.29, 0.717) is 5.92 Å². The van der Waals surface area contributed by atoms with E-state index in [9.17, 15) is 0 Å². The number of fused-ring (bicyclic) bond motifs is 1. The largest absolute Gasteiger partial charge is 0.399 e. The predicted octanol–water partition coefficient (Wildman–Crippen LogP) is 3.47. The van der Waals surface area contributed by atoms with Crippen molar-refractivity contribution >= 4 is 5.69 Å². The van der Waals surface area contributed by atoms with Crippen LogP contribution in [-0.4, -0.2) is 9.55 Å². The average molecular weight is 275 g/mol. The number of hydrogen-bond donors (Lipinski definition) is 1. The molecule has 0 bridgehead atoms. The standard InChI is InChI=1S/C18H17N3/c19-16-7-5-13(6-8-16)18-20-9-10-21(18)12-15-11-14-3-1-2-4-17(14)15/h1-10,15H,11-12,19H2. The summed E-state index contributed by atoms with van der Waals surface area (Å²) < 4.78 is 2.24. The van der Waals surface area contributed by atoms with Gasteiger partial charge >= 0.3 is 0 Å². The summed E-state index contributed by atoms with van der Waals surface area (Å²) in [7, 11) is 0. The van der Waals surface area contributed by atoms with E-state index < -0.39 is 0 Å². The Balaban J connectivity index is 1.61. The third-order valence-electron chi connectivity index (χ3n) is 4.26. The van der Waals surface area contributed by atoms with E-state index in [1.807, 2.05) is 30.5 Å². The molecule has 1 heterocycles. The minimum absolute atomic E-state index is 0.600. The van der Waals surface area contributed by atoms with Gasteiger partial charge < -0.3 is 10.3 Å². The van der Waals surface area contributed by atoms with Crippen molar-refractivity contribution in [3.63, 3.8) is 0 Å². The van der Waals surface area contributed by atoms with Gasteiger partial charge in [0, 0.05) is 36.1 Å². The van der Waals surface area contributed by atoms with Crippen LogP contribution in [0.4, 0.5) is 5.69 Å². The molecule has 0 radical (unpaired) electrons. The van der Waals surface area contributed by atoms with Crippen molar-refractivity contribution in [2.45, 2.75) is 18.9 Å². The maximum absolute atomic E-state index is 5.76. The number of benzene rings is 2. The summed E-state index contributed by atoms with van der Waals surface area (Å²) in [4.78, 5) is 4.51. The van der Waals surface area contributed by atoms with E-state index >= 15 is 0 Å². The molecular formula is C18H17N3. The van der Waals surface area contributed by atoms with E-state index in [4.69, 9.17) is 5.73 Å². The minimum Gasteiger partial charge on any atom is -0.399 e. The molecule has 1 aliphatic rings. The Hall–Kier alpha value is -2.55. The number of rotatable bonds is 3. The third-order valence-corrected chi connectivity index (χ3v) is 4.26. The van der Waals surface area contributed by atoms with Crippen LogP contribution < -0.4 is 5.73 Å². The molecule has 1 atom stereocenters. The fraction of sp³-hybridized carbons (Fsp3) is 0.167. The van der Waals surface area contributed by atoms with Crippen LogP contribution in [0.3, 0.4) is 0 Å². The molecule has 2 N–H and O–H groups in total. The first-order chi connectivity index (χ1) is 10.3. The van der Waals surface area contributed by atoms with Gasteiger partial charge in [-0.2, -0.15) is 0 Å². The van der Waals surface area contributed by atoms with Gasteiger partial charge in [-0.05, 0) is 41.8 Å². The van der Waals surface area contributed by atoms with Crippen molar-refractivity contribution in [2.75, 3.05) is 5.73 Å². The number of nitrogen functional groups attached to an aromatic ring is 1. The van der Waals surface area contributed by atoms with Gasteiger partial charge in [-0.1, -0.05) is 24.3 Å². The Morgan fingerprint density at radius 1 is 1.10 bits per heavy atom. The lowest BCUT2D eigenvalue weighted by Crippen LogP contribution is -2.22. The SMILES string of the molecule is Nc1ccc(-c2nccn2CC2Cc3ccccc32)cc1. The van der Waals surface area contributed by atoms with Crippen LogP contribution in [-0.2, 0) is 13.0 Å². The molecule has 1 unspecified atom stereocenters. The van der Waals surface area contributed by atoms with Gasteiger partial charge in [0.15, 0.2) is 0 Å². The van der Waals surface area contributed by atoms with Gasteiger partial charge in [0.1, 0.15) is 5.82 Å². The zero-order chi connectivity index (χ0) is 14.2. The van der Waals surface area contributed by atoms with Gasteiger partial charge in [0.25, 0.3) is 0 Å². The molecule has 1 aromatic heterocycles. The maximum atomic E-state index is 5.76. The first kappa shape index (κ1) is 12.2. The molecule has 3 heteroatoms. The van der Waals surface area contributed by atoms with Crippen molar-refractivity contribution in [3.05, 3.63) is 72.1 Å². The maximum Gasteiger partial charge on any atom is 0.139 e. The molecule has 0 fully saturated rings. The summed E-state index contributed by atoms with van der Waals surface area (Å²) in [5.41, 5.74) is 10.6. The van der Waals surface area contributed by atoms with Gasteiger partial charge in [-0.25, -0.2) is 4.98 Å². The number of imidazole rings is 1. The van der Waals surface area contributed by atoms with Crippen LogP contribution in [0.15, 0.2) is 60.9 Å². The molecule has 0 amide bonds. The summed E-state index contributed by atoms with van der Waals surface area (Å²) in [6.45, 7) is 0.983. The topological polar surface area (TPSA) is 43.8 Å². The highest BCUT2D eigenvalue weighted by molar-refractivity contribution is 5.59. The summed E-state index contributed by atoms with van der Waals surface area (Å²) >= 11 is 0. The molecule has 0 spiro atoms. The number of nitrogens with zero attached hydrogens (tertiary/aromatic N) is 2. The quantitative estimate of drug-likeness (QED) is 0.744. The summed E-state index contributed by atoms with van der Waals surface area (Å²) in [5.74, 6) is 1.61. The molecule has 3 nitrogen and oxygen atoms in total. The van der Waals surface area contributed by atoms with E-state index in [1.165, 1.54) is 11.1 Å². The van der Waals surface area contributed by atoms with Crippen molar-refractivity contribution < 1.29 is 0 Å². The van der Waals surface area contributed by atoms with Crippen LogP contribution in [0.1, 0.15) is 17.0 Å². The van der Waals surface area contributed by atoms with E-state index in [-0.39, 0.29) is 0 Å². The van der Waals surface area contributed by atoms with Crippen molar-refractivity contribution in [1.82, 2.24) is 9.55 Å². The summed E-state index contributed by atoms with van der Waals surface area (Å²) in [5, 5.41) is 0. The lowest BCUT2D eigenvalue weighted by Gasteiger charge is -2.30. The van der Waals surface area contributed by atoms with Gasteiger partial charge in [-0.15, -0.1) is 0 Å². The highest BCUT2D eigenvalue weighted by Crippen LogP contribution is 2.36. The third kappa shape index (κ3) is 2.11. The number of hydrogen-bond acceptors (Lipinski definition) is 2. The van der Waals surface area contributed by atoms with E-state index in [0.717, 1.165) is 30.0 Å². The molecule has 0 saturated heterocycles. The number of aromatic nitrogens is 2. The Kier molecular flexibility index (Phi) is 2.78. The van der Waals surface area contributed by atoms with Crippen LogP contribution >= 0.6 is 0 Å². The first-order valence-electron chi connectivity index (χ1n) is 7.26. The van der Waals surface area contributed by atoms with Crippen molar-refractivity contribution in [3.8, 4) is 11.4 Å². The highest BCUT2D eigenvalue weighted by atomic mass is 15.1. The zero-order valence-electron chi connectivity index (χ0n) is 11.7. The lowest BCUT2D eigenvalue weighted by atomic mass is 9.77. The number of anilines is 1. The minimum atomic E-state index is 0.600. The van der Waals surface area contributed by atoms with Crippen LogP contribution in [0, 0.1) is 0 Å². The molecule has 1 aliphatic carbocycles. The van der Waals surface area contributed by atoms with Crippen molar-refractivity contribution in [2.24, 2.45) is 0 Å². The monoisotopic (exact) mass is 275 g/mol. The highest BCUT2D eigenvalue weighted by Gasteiger charge is 2.26. The van der Waals surface area contributed by atoms with Crippen LogP contribution in [0.5, 0.6) is 0 Å². The second kappa shape index (κ2) is 4.77. The zero-order valence-corrected chi connectivity index (χ0v) is 11.7. The second-order valence-electron chi connectivity index (χ2n) is 5.63. The average Bonchev–Trinajstić information content (AvgIpc) is 2.94. The molecule has 2 aromatic carbocycles. The fourth-order valence-corrected chi connectivity index (χ4v) is 3.11. The lowest BCUT2D eigenvalue weighted by molar-refractivity contribution is 0.511. The summed E-state index contributed by atoms with van der Waals surface area (Å²) in [6, 6.07) is 16.6. The fourth-order valence-electron chi connectivity index (χ4n) is 3.11. The van der Waals surface area contributed by atoms with E-state index in [1.54, 1.807) is 0 Å². The Labute approximate surface area is 124 Å². The molecule has 0 saturated carbocycles. The van der Waals surface area contributed by atoms with Crippen LogP contribution in [0.25, 0.3) is 11.4 Å². The summed E-state index contributed by atoms with van der Waals surface area (Å²) in [6.07, 6.45) is 5.10. The normalized spacial score (nSPS) is 16.3. The van der Waals surface area contributed by atoms with Crippen LogP contribution in [0.2, 0.25) is 0 Å².